The first kappa shape index (κ1) is 12.3. The topological polar surface area (TPSA) is 67.3 Å². The summed E-state index contributed by atoms with van der Waals surface area (Å²) in [5.74, 6) is 0. The summed E-state index contributed by atoms with van der Waals surface area (Å²) in [6.45, 7) is 4.20. The number of piperidine rings is 1. The molecule has 3 N–H and O–H groups in total. The lowest BCUT2D eigenvalue weighted by molar-refractivity contribution is 0.262. The fraction of sp³-hybridized carbons (Fsp3) is 0.500. The lowest BCUT2D eigenvalue weighted by Gasteiger charge is -2.28. The summed E-state index contributed by atoms with van der Waals surface area (Å²) in [6, 6.07) is 4.80. The van der Waals surface area contributed by atoms with Crippen LogP contribution in [0.2, 0.25) is 0 Å². The Morgan fingerprint density at radius 1 is 1.37 bits per heavy atom. The minimum Gasteiger partial charge on any atom is -0.424 e. The van der Waals surface area contributed by atoms with Crippen molar-refractivity contribution in [3.05, 3.63) is 17.7 Å². The number of nitrogens with two attached hydrogens (primary N) is 1. The molecule has 1 aliphatic rings. The lowest BCUT2D eigenvalue weighted by atomic mass is 10.1. The molecule has 5 nitrogen and oxygen atoms in total. The van der Waals surface area contributed by atoms with E-state index in [4.69, 9.17) is 10.2 Å². The standard InChI is InChI=1S/C14H20N4O/c1-9-11(15)3-4-12-13(9)17-14(19-12)16-10-5-7-18(2)8-6-10/h3-4,10H,5-8,15H2,1-2H3,(H,16,17). The fourth-order valence-electron chi connectivity index (χ4n) is 2.53. The molecule has 3 rings (SSSR count). The molecule has 19 heavy (non-hydrogen) atoms. The van der Waals surface area contributed by atoms with Crippen LogP contribution in [-0.2, 0) is 0 Å². The van der Waals surface area contributed by atoms with Gasteiger partial charge in [-0.3, -0.25) is 0 Å². The zero-order chi connectivity index (χ0) is 13.4. The number of rotatable bonds is 2. The number of nitrogen functional groups attached to an aromatic ring is 1. The second-order valence-corrected chi connectivity index (χ2v) is 5.37. The van der Waals surface area contributed by atoms with Crippen LogP contribution < -0.4 is 11.1 Å². The van der Waals surface area contributed by atoms with Gasteiger partial charge in [-0.2, -0.15) is 4.98 Å². The number of fused-ring (bicyclic) bond motifs is 1. The van der Waals surface area contributed by atoms with E-state index in [2.05, 4.69) is 22.2 Å². The summed E-state index contributed by atoms with van der Waals surface area (Å²) in [7, 11) is 2.15. The monoisotopic (exact) mass is 260 g/mol. The first-order valence-corrected chi connectivity index (χ1v) is 6.74. The normalized spacial score (nSPS) is 18.0. The van der Waals surface area contributed by atoms with E-state index in [9.17, 15) is 0 Å². The van der Waals surface area contributed by atoms with Crippen LogP contribution in [0.5, 0.6) is 0 Å². The van der Waals surface area contributed by atoms with Gasteiger partial charge in [-0.15, -0.1) is 0 Å². The molecular formula is C14H20N4O. The number of hydrogen-bond donors (Lipinski definition) is 2. The van der Waals surface area contributed by atoms with E-state index in [1.54, 1.807) is 0 Å². The molecule has 0 saturated carbocycles. The van der Waals surface area contributed by atoms with Crippen LogP contribution in [-0.4, -0.2) is 36.1 Å². The molecule has 0 unspecified atom stereocenters. The molecule has 0 aliphatic carbocycles. The SMILES string of the molecule is Cc1c(N)ccc2oc(NC3CCN(C)CC3)nc12. The predicted molar refractivity (Wildman–Crippen MR) is 77.3 cm³/mol. The maximum absolute atomic E-state index is 5.89. The molecule has 0 atom stereocenters. The zero-order valence-corrected chi connectivity index (χ0v) is 11.4. The average molecular weight is 260 g/mol. The summed E-state index contributed by atoms with van der Waals surface area (Å²) < 4.78 is 5.74. The summed E-state index contributed by atoms with van der Waals surface area (Å²) in [5, 5.41) is 3.39. The average Bonchev–Trinajstić information content (AvgIpc) is 2.80. The molecule has 2 heterocycles. The van der Waals surface area contributed by atoms with Crippen molar-refractivity contribution >= 4 is 22.8 Å². The molecule has 1 fully saturated rings. The van der Waals surface area contributed by atoms with Crippen molar-refractivity contribution in [2.24, 2.45) is 0 Å². The van der Waals surface area contributed by atoms with Gasteiger partial charge < -0.3 is 20.4 Å². The third kappa shape index (κ3) is 2.38. The quantitative estimate of drug-likeness (QED) is 0.810. The largest absolute Gasteiger partial charge is 0.424 e. The maximum Gasteiger partial charge on any atom is 0.295 e. The van der Waals surface area contributed by atoms with E-state index in [0.717, 1.165) is 48.3 Å². The summed E-state index contributed by atoms with van der Waals surface area (Å²) in [6.07, 6.45) is 2.24. The van der Waals surface area contributed by atoms with Crippen molar-refractivity contribution < 1.29 is 4.42 Å². The van der Waals surface area contributed by atoms with Crippen molar-refractivity contribution in [3.8, 4) is 0 Å². The first-order chi connectivity index (χ1) is 9.13. The van der Waals surface area contributed by atoms with Crippen molar-refractivity contribution in [1.82, 2.24) is 9.88 Å². The van der Waals surface area contributed by atoms with Gasteiger partial charge in [-0.05, 0) is 52.0 Å². The van der Waals surface area contributed by atoms with Crippen molar-refractivity contribution in [2.75, 3.05) is 31.2 Å². The highest BCUT2D eigenvalue weighted by molar-refractivity contribution is 5.83. The van der Waals surface area contributed by atoms with Crippen LogP contribution in [0.15, 0.2) is 16.5 Å². The Bertz CT molecular complexity index is 584. The second-order valence-electron chi connectivity index (χ2n) is 5.37. The third-order valence-corrected chi connectivity index (χ3v) is 3.90. The first-order valence-electron chi connectivity index (χ1n) is 6.74. The summed E-state index contributed by atoms with van der Waals surface area (Å²) >= 11 is 0. The number of anilines is 2. The smallest absolute Gasteiger partial charge is 0.295 e. The van der Waals surface area contributed by atoms with E-state index >= 15 is 0 Å². The highest BCUT2D eigenvalue weighted by Crippen LogP contribution is 2.26. The van der Waals surface area contributed by atoms with E-state index in [1.807, 2.05) is 19.1 Å². The van der Waals surface area contributed by atoms with Crippen LogP contribution in [0.3, 0.4) is 0 Å². The van der Waals surface area contributed by atoms with Gasteiger partial charge in [0.05, 0.1) is 0 Å². The molecule has 0 radical (unpaired) electrons. The number of aryl methyl sites for hydroxylation is 1. The third-order valence-electron chi connectivity index (χ3n) is 3.90. The van der Waals surface area contributed by atoms with E-state index < -0.39 is 0 Å². The number of benzene rings is 1. The number of nitrogens with zero attached hydrogens (tertiary/aromatic N) is 2. The molecule has 1 aromatic carbocycles. The molecule has 0 spiro atoms. The van der Waals surface area contributed by atoms with E-state index in [-0.39, 0.29) is 0 Å². The number of aromatic nitrogens is 1. The molecule has 102 valence electrons. The van der Waals surface area contributed by atoms with Gasteiger partial charge in [0.25, 0.3) is 6.01 Å². The van der Waals surface area contributed by atoms with Gasteiger partial charge in [0.15, 0.2) is 5.58 Å². The minimum atomic E-state index is 0.446. The van der Waals surface area contributed by atoms with Crippen LogP contribution in [0.4, 0.5) is 11.7 Å². The number of hydrogen-bond acceptors (Lipinski definition) is 5. The van der Waals surface area contributed by atoms with E-state index in [0.29, 0.717) is 12.1 Å². The van der Waals surface area contributed by atoms with Crippen molar-refractivity contribution in [3.63, 3.8) is 0 Å². The van der Waals surface area contributed by atoms with Crippen molar-refractivity contribution in [1.29, 1.82) is 0 Å². The molecule has 1 saturated heterocycles. The Morgan fingerprint density at radius 3 is 2.84 bits per heavy atom. The van der Waals surface area contributed by atoms with Gasteiger partial charge in [-0.25, -0.2) is 0 Å². The minimum absolute atomic E-state index is 0.446. The van der Waals surface area contributed by atoms with Crippen LogP contribution >= 0.6 is 0 Å². The highest BCUT2D eigenvalue weighted by atomic mass is 16.4. The van der Waals surface area contributed by atoms with Gasteiger partial charge in [0.2, 0.25) is 0 Å². The fourth-order valence-corrected chi connectivity index (χ4v) is 2.53. The Labute approximate surface area is 112 Å². The molecular weight excluding hydrogens is 240 g/mol. The molecule has 1 aliphatic heterocycles. The molecule has 5 heteroatoms. The lowest BCUT2D eigenvalue weighted by Crippen LogP contribution is -2.36. The van der Waals surface area contributed by atoms with E-state index in [1.165, 1.54) is 0 Å². The molecule has 2 aromatic rings. The van der Waals surface area contributed by atoms with Gasteiger partial charge in [0.1, 0.15) is 5.52 Å². The summed E-state index contributed by atoms with van der Waals surface area (Å²) in [5.41, 5.74) is 9.28. The Hall–Kier alpha value is -1.75. The second kappa shape index (κ2) is 4.74. The molecule has 0 bridgehead atoms. The Balaban J connectivity index is 1.80. The van der Waals surface area contributed by atoms with Gasteiger partial charge in [0, 0.05) is 17.3 Å². The highest BCUT2D eigenvalue weighted by Gasteiger charge is 2.18. The number of oxazole rings is 1. The van der Waals surface area contributed by atoms with Gasteiger partial charge >= 0.3 is 0 Å². The number of nitrogens with one attached hydrogen (secondary N) is 1. The molecule has 0 amide bonds. The molecule has 1 aromatic heterocycles. The summed E-state index contributed by atoms with van der Waals surface area (Å²) in [4.78, 5) is 6.86. The van der Waals surface area contributed by atoms with Crippen LogP contribution in [0.25, 0.3) is 11.1 Å². The van der Waals surface area contributed by atoms with Crippen LogP contribution in [0.1, 0.15) is 18.4 Å². The zero-order valence-electron chi connectivity index (χ0n) is 11.4. The number of likely N-dealkylation sites (tertiary alicyclic amines) is 1. The maximum atomic E-state index is 5.89. The van der Waals surface area contributed by atoms with Gasteiger partial charge in [-0.1, -0.05) is 0 Å². The predicted octanol–water partition coefficient (Wildman–Crippen LogP) is 2.22. The Morgan fingerprint density at radius 2 is 2.11 bits per heavy atom. The van der Waals surface area contributed by atoms with Crippen LogP contribution in [0, 0.1) is 6.92 Å². The van der Waals surface area contributed by atoms with Crippen molar-refractivity contribution in [2.45, 2.75) is 25.8 Å². The Kier molecular flexibility index (Phi) is 3.06.